The van der Waals surface area contributed by atoms with Gasteiger partial charge in [0.05, 0.1) is 19.2 Å². The first-order valence-corrected chi connectivity index (χ1v) is 19.7. The summed E-state index contributed by atoms with van der Waals surface area (Å²) in [5, 5.41) is 28.5. The van der Waals surface area contributed by atoms with Crippen LogP contribution in [0.5, 0.6) is 28.7 Å². The van der Waals surface area contributed by atoms with Crippen molar-refractivity contribution in [1.29, 1.82) is 0 Å². The number of carbonyl (C=O) groups excluding carboxylic acids is 1. The number of nitrogens with two attached hydrogens (primary N) is 1. The number of carbonyl (C=O) groups is 1. The second-order valence-corrected chi connectivity index (χ2v) is 15.9. The van der Waals surface area contributed by atoms with Crippen molar-refractivity contribution in [2.75, 3.05) is 26.9 Å². The molecule has 10 nitrogen and oxygen atoms in total. The van der Waals surface area contributed by atoms with Gasteiger partial charge in [0.2, 0.25) is 0 Å². The van der Waals surface area contributed by atoms with E-state index in [2.05, 4.69) is 28.8 Å². The molecule has 2 heterocycles. The maximum atomic E-state index is 12.2. The van der Waals surface area contributed by atoms with Gasteiger partial charge >= 0.3 is 5.97 Å². The maximum absolute atomic E-state index is 12.2. The van der Waals surface area contributed by atoms with Crippen LogP contribution in [0.1, 0.15) is 99.0 Å². The fourth-order valence-corrected chi connectivity index (χ4v) is 9.87. The van der Waals surface area contributed by atoms with Gasteiger partial charge in [-0.15, -0.1) is 0 Å². The van der Waals surface area contributed by atoms with Gasteiger partial charge in [-0.2, -0.15) is 0 Å². The highest BCUT2D eigenvalue weighted by atomic mass is 16.5. The largest absolute Gasteiger partial charge is 0.508 e. The molecule has 0 radical (unpaired) electrons. The van der Waals surface area contributed by atoms with Crippen molar-refractivity contribution in [3.8, 4) is 39.9 Å². The highest BCUT2D eigenvalue weighted by Gasteiger charge is 2.50. The van der Waals surface area contributed by atoms with E-state index in [1.165, 1.54) is 44.6 Å². The Morgan fingerprint density at radius 2 is 1.93 bits per heavy atom. The number of rotatable bonds is 11. The van der Waals surface area contributed by atoms with Gasteiger partial charge in [0.25, 0.3) is 0 Å². The van der Waals surface area contributed by atoms with Crippen molar-refractivity contribution >= 4 is 5.97 Å². The third kappa shape index (κ3) is 7.13. The smallest absolute Gasteiger partial charge is 0.302 e. The first-order valence-electron chi connectivity index (χ1n) is 19.7. The number of methoxy groups -OCH3 is 1. The van der Waals surface area contributed by atoms with Crippen LogP contribution in [-0.4, -0.2) is 55.3 Å². The monoisotopic (exact) mass is 735 g/mol. The van der Waals surface area contributed by atoms with E-state index < -0.39 is 6.10 Å². The summed E-state index contributed by atoms with van der Waals surface area (Å²) in [6.45, 7) is 2.70. The Hall–Kier alpha value is -4.67. The highest BCUT2D eigenvalue weighted by Crippen LogP contribution is 2.62. The quantitative estimate of drug-likeness (QED) is 0.102. The molecule has 0 amide bonds. The lowest BCUT2D eigenvalue weighted by atomic mass is 9.65. The van der Waals surface area contributed by atoms with Gasteiger partial charge in [0.1, 0.15) is 36.6 Å². The lowest BCUT2D eigenvalue weighted by molar-refractivity contribution is -0.141. The molecule has 286 valence electrons. The number of hydrogen-bond acceptors (Lipinski definition) is 10. The molecule has 6 N–H and O–H groups in total. The Morgan fingerprint density at radius 3 is 2.70 bits per heavy atom. The highest BCUT2D eigenvalue weighted by molar-refractivity contribution is 5.84. The fraction of sp³-hybridized carbons (Fsp3) is 0.477. The molecule has 54 heavy (non-hydrogen) atoms. The van der Waals surface area contributed by atoms with Gasteiger partial charge in [-0.25, -0.2) is 0 Å². The third-order valence-corrected chi connectivity index (χ3v) is 12.3. The minimum atomic E-state index is -0.487. The van der Waals surface area contributed by atoms with Gasteiger partial charge in [0.15, 0.2) is 11.5 Å². The molecule has 1 spiro atoms. The summed E-state index contributed by atoms with van der Waals surface area (Å²) >= 11 is 0. The van der Waals surface area contributed by atoms with E-state index in [0.29, 0.717) is 36.6 Å². The lowest BCUT2D eigenvalue weighted by Crippen LogP contribution is -2.34. The normalized spacial score (nSPS) is 25.6. The van der Waals surface area contributed by atoms with Crippen LogP contribution in [-0.2, 0) is 21.4 Å². The maximum Gasteiger partial charge on any atom is 0.302 e. The second kappa shape index (κ2) is 15.2. The number of dihydropyridines is 1. The number of ether oxygens (including phenoxy) is 4. The summed E-state index contributed by atoms with van der Waals surface area (Å²) in [6.07, 6.45) is 16.3. The van der Waals surface area contributed by atoms with E-state index in [9.17, 15) is 15.0 Å². The summed E-state index contributed by atoms with van der Waals surface area (Å²) in [5.41, 5.74) is 13.1. The zero-order valence-corrected chi connectivity index (χ0v) is 31.4. The summed E-state index contributed by atoms with van der Waals surface area (Å²) < 4.78 is 24.9. The first kappa shape index (κ1) is 36.3. The number of nitrogens with one attached hydrogen (secondary N) is 2. The van der Waals surface area contributed by atoms with E-state index in [-0.39, 0.29) is 41.6 Å². The molecule has 10 heteroatoms. The minimum Gasteiger partial charge on any atom is -0.508 e. The Kier molecular flexibility index (Phi) is 10.2. The van der Waals surface area contributed by atoms with Crippen molar-refractivity contribution in [3.63, 3.8) is 0 Å². The number of esters is 1. The van der Waals surface area contributed by atoms with Crippen LogP contribution in [0, 0.1) is 5.92 Å². The topological polar surface area (TPSA) is 145 Å². The van der Waals surface area contributed by atoms with E-state index in [1.54, 1.807) is 19.2 Å². The van der Waals surface area contributed by atoms with Crippen molar-refractivity contribution < 1.29 is 34.0 Å². The number of aromatic hydroxyl groups is 2. The average molecular weight is 736 g/mol. The number of benzene rings is 3. The van der Waals surface area contributed by atoms with Gasteiger partial charge in [0, 0.05) is 53.9 Å². The van der Waals surface area contributed by atoms with Gasteiger partial charge < -0.3 is 45.5 Å². The zero-order valence-electron chi connectivity index (χ0n) is 31.4. The Morgan fingerprint density at radius 1 is 1.07 bits per heavy atom. The fourth-order valence-electron chi connectivity index (χ4n) is 9.87. The SMILES string of the molecule is COc1cc(O)cc2c1-c1ccc3c(c1[C@@]1(CC[C@@H](CC4=CNC(N)C=C4)C1)C2)O[C@H](c1ccc(O)c(OCCNC2CCCCC2)c1)[C@H]3COC(C)=O. The minimum absolute atomic E-state index is 0.0730. The van der Waals surface area contributed by atoms with Gasteiger partial charge in [-0.1, -0.05) is 43.5 Å². The molecule has 3 aromatic rings. The van der Waals surface area contributed by atoms with Crippen molar-refractivity contribution in [2.24, 2.45) is 11.7 Å². The molecular weight excluding hydrogens is 682 g/mol. The van der Waals surface area contributed by atoms with E-state index in [4.69, 9.17) is 24.7 Å². The molecule has 5 aliphatic rings. The standard InChI is InChI=1S/C44H53N3O7/c1-26(48)53-25-35-33-10-11-34-40-30(19-32(49)21-38(40)51-2)23-44(15-14-27(22-44)18-28-8-13-39(45)47-24-28)41(34)43(33)54-42(35)29-9-12-36(50)37(20-29)52-17-16-46-31-6-4-3-5-7-31/h8-13,19-21,24,27,31,35,39,42,46-47,49-50H,3-7,14-18,22-23,25,45H2,1-2H3/t27-,35-,39?,42+,44+/m0/s1. The number of hydrogen-bond donors (Lipinski definition) is 5. The number of phenolic OH excluding ortho intramolecular Hbond substituents is 2. The summed E-state index contributed by atoms with van der Waals surface area (Å²) in [4.78, 5) is 12.2. The van der Waals surface area contributed by atoms with Crippen LogP contribution in [0.2, 0.25) is 0 Å². The average Bonchev–Trinajstić information content (AvgIpc) is 3.74. The van der Waals surface area contributed by atoms with E-state index in [1.807, 2.05) is 30.5 Å². The molecule has 2 fully saturated rings. The van der Waals surface area contributed by atoms with Gasteiger partial charge in [-0.3, -0.25) is 4.79 Å². The van der Waals surface area contributed by atoms with Crippen LogP contribution in [0.15, 0.2) is 66.4 Å². The molecule has 2 saturated carbocycles. The van der Waals surface area contributed by atoms with Crippen LogP contribution in [0.25, 0.3) is 11.1 Å². The number of fused-ring (bicyclic) bond motifs is 6. The summed E-state index contributed by atoms with van der Waals surface area (Å²) in [5.74, 6) is 1.91. The third-order valence-electron chi connectivity index (χ3n) is 12.3. The van der Waals surface area contributed by atoms with Crippen molar-refractivity contribution in [3.05, 3.63) is 88.6 Å². The molecule has 2 aliphatic heterocycles. The van der Waals surface area contributed by atoms with Crippen LogP contribution < -0.4 is 30.6 Å². The van der Waals surface area contributed by atoms with E-state index >= 15 is 0 Å². The lowest BCUT2D eigenvalue weighted by Gasteiger charge is -2.39. The molecule has 5 atom stereocenters. The van der Waals surface area contributed by atoms with Gasteiger partial charge in [-0.05, 0) is 97.4 Å². The molecule has 0 bridgehead atoms. The molecule has 3 aliphatic carbocycles. The molecule has 3 aromatic carbocycles. The molecular formula is C44H53N3O7. The van der Waals surface area contributed by atoms with Crippen LogP contribution >= 0.6 is 0 Å². The van der Waals surface area contributed by atoms with Crippen LogP contribution in [0.4, 0.5) is 0 Å². The van der Waals surface area contributed by atoms with E-state index in [0.717, 1.165) is 71.2 Å². The Balaban J connectivity index is 1.15. The predicted octanol–water partition coefficient (Wildman–Crippen LogP) is 7.17. The van der Waals surface area contributed by atoms with Crippen molar-refractivity contribution in [1.82, 2.24) is 10.6 Å². The van der Waals surface area contributed by atoms with Crippen molar-refractivity contribution in [2.45, 2.75) is 101 Å². The number of phenols is 2. The molecule has 0 saturated heterocycles. The summed E-state index contributed by atoms with van der Waals surface area (Å²) in [7, 11) is 1.64. The Bertz CT molecular complexity index is 1950. The second-order valence-electron chi connectivity index (χ2n) is 15.9. The molecule has 1 unspecified atom stereocenters. The Labute approximate surface area is 317 Å². The molecule has 0 aromatic heterocycles. The number of allylic oxidation sites excluding steroid dienone is 2. The van der Waals surface area contributed by atoms with Crippen LogP contribution in [0.3, 0.4) is 0 Å². The molecule has 8 rings (SSSR count). The summed E-state index contributed by atoms with van der Waals surface area (Å²) in [6, 6.07) is 13.8. The predicted molar refractivity (Wildman–Crippen MR) is 207 cm³/mol. The zero-order chi connectivity index (χ0) is 37.4. The first-order chi connectivity index (χ1) is 26.2.